The number of nitroso groups, excluding NO2 is 2. The van der Waals surface area contributed by atoms with Crippen LogP contribution in [0, 0.1) is 9.81 Å². The molecular weight excluding hydrogens is 568 g/mol. The highest BCUT2D eigenvalue weighted by Gasteiger charge is 2.34. The number of nitrogens with two attached hydrogens (primary N) is 1. The fourth-order valence-electron chi connectivity index (χ4n) is 4.48. The van der Waals surface area contributed by atoms with Gasteiger partial charge < -0.3 is 16.4 Å². The van der Waals surface area contributed by atoms with Crippen LogP contribution in [0.25, 0.3) is 6.08 Å². The minimum Gasteiger partial charge on any atom is -0.395 e. The molecular formula is C31H32N6O5S. The van der Waals surface area contributed by atoms with Crippen molar-refractivity contribution in [2.45, 2.75) is 39.0 Å². The minimum absolute atomic E-state index is 0.00139. The zero-order valence-corrected chi connectivity index (χ0v) is 24.5. The maximum absolute atomic E-state index is 12.7. The maximum Gasteiger partial charge on any atom is 0.293 e. The van der Waals surface area contributed by atoms with Crippen LogP contribution < -0.4 is 16.4 Å². The summed E-state index contributed by atoms with van der Waals surface area (Å²) in [6.45, 7) is 2.95. The van der Waals surface area contributed by atoms with E-state index < -0.39 is 0 Å². The van der Waals surface area contributed by atoms with Crippen molar-refractivity contribution in [3.8, 4) is 0 Å². The van der Waals surface area contributed by atoms with Gasteiger partial charge in [-0.1, -0.05) is 44.0 Å². The summed E-state index contributed by atoms with van der Waals surface area (Å²) in [5.74, 6) is -0.462. The van der Waals surface area contributed by atoms with Gasteiger partial charge in [-0.15, -0.1) is 9.81 Å². The van der Waals surface area contributed by atoms with E-state index in [9.17, 15) is 24.2 Å². The molecule has 0 spiro atoms. The number of hydrogen-bond acceptors (Lipinski definition) is 10. The molecule has 0 radical (unpaired) electrons. The van der Waals surface area contributed by atoms with Gasteiger partial charge in [0.25, 0.3) is 17.1 Å². The number of anilines is 3. The first kappa shape index (κ1) is 31.1. The molecule has 11 nitrogen and oxygen atoms in total. The number of carbonyl (C=O) groups excluding carboxylic acids is 3. The number of thioether (sulfide) groups is 1. The topological polar surface area (TPSA) is 163 Å². The van der Waals surface area contributed by atoms with Crippen LogP contribution in [0.4, 0.5) is 33.2 Å². The summed E-state index contributed by atoms with van der Waals surface area (Å²) in [7, 11) is 0. The lowest BCUT2D eigenvalue weighted by Crippen LogP contribution is -2.29. The molecule has 0 aliphatic carbocycles. The van der Waals surface area contributed by atoms with Gasteiger partial charge in [-0.3, -0.25) is 19.3 Å². The van der Waals surface area contributed by atoms with E-state index in [0.29, 0.717) is 41.4 Å². The highest BCUT2D eigenvalue weighted by molar-refractivity contribution is 8.18. The number of nitrogens with zero attached hydrogens (tertiary/aromatic N) is 3. The van der Waals surface area contributed by atoms with E-state index in [-0.39, 0.29) is 34.1 Å². The van der Waals surface area contributed by atoms with Crippen molar-refractivity contribution in [2.24, 2.45) is 10.4 Å². The number of unbranched alkanes of at least 4 members (excludes halogenated alkanes) is 3. The third-order valence-corrected chi connectivity index (χ3v) is 7.87. The molecule has 0 aromatic heterocycles. The van der Waals surface area contributed by atoms with Crippen molar-refractivity contribution in [1.29, 1.82) is 0 Å². The number of nitrogens with one attached hydrogen (secondary N) is 2. The van der Waals surface area contributed by atoms with Gasteiger partial charge in [0.2, 0.25) is 0 Å². The molecule has 4 rings (SSSR count). The second kappa shape index (κ2) is 14.9. The van der Waals surface area contributed by atoms with Gasteiger partial charge in [0.05, 0.1) is 16.3 Å². The SMILES string of the molecule is CCc1ccc(C=C2SC(=O)N(CCCCCCNC(=O)c3ccc(Nc4ccc(N=O)c(N=O)c4N)cc3)C2=O)cc1. The summed E-state index contributed by atoms with van der Waals surface area (Å²) < 4.78 is 0. The number of nitrogen functional groups attached to an aromatic ring is 1. The van der Waals surface area contributed by atoms with E-state index in [1.54, 1.807) is 30.3 Å². The second-order valence-electron chi connectivity index (χ2n) is 9.88. The molecule has 1 saturated heterocycles. The third kappa shape index (κ3) is 7.92. The van der Waals surface area contributed by atoms with E-state index in [0.717, 1.165) is 43.0 Å². The average Bonchev–Trinajstić information content (AvgIpc) is 3.29. The van der Waals surface area contributed by atoms with E-state index in [1.165, 1.54) is 22.6 Å². The van der Waals surface area contributed by atoms with Crippen molar-refractivity contribution in [3.05, 3.63) is 92.1 Å². The zero-order valence-electron chi connectivity index (χ0n) is 23.7. The summed E-state index contributed by atoms with van der Waals surface area (Å²) in [6.07, 6.45) is 5.83. The number of amides is 3. The lowest BCUT2D eigenvalue weighted by atomic mass is 10.1. The zero-order chi connectivity index (χ0) is 30.8. The van der Waals surface area contributed by atoms with Crippen LogP contribution in [0.5, 0.6) is 0 Å². The second-order valence-corrected chi connectivity index (χ2v) is 10.9. The largest absolute Gasteiger partial charge is 0.395 e. The maximum atomic E-state index is 12.7. The summed E-state index contributed by atoms with van der Waals surface area (Å²) in [5.41, 5.74) is 9.14. The molecule has 4 N–H and O–H groups in total. The highest BCUT2D eigenvalue weighted by Crippen LogP contribution is 2.39. The summed E-state index contributed by atoms with van der Waals surface area (Å²) >= 11 is 0.977. The fraction of sp³-hybridized carbons (Fsp3) is 0.258. The molecule has 3 aromatic rings. The quantitative estimate of drug-likeness (QED) is 0.0746. The Morgan fingerprint density at radius 1 is 0.930 bits per heavy atom. The van der Waals surface area contributed by atoms with E-state index in [4.69, 9.17) is 5.73 Å². The van der Waals surface area contributed by atoms with Gasteiger partial charge in [0, 0.05) is 24.3 Å². The molecule has 1 aliphatic heterocycles. The van der Waals surface area contributed by atoms with Crippen molar-refractivity contribution >= 4 is 63.3 Å². The standard InChI is InChI=1S/C31H32N6O5S/c1-2-20-7-9-21(10-8-20)19-26-30(39)37(31(40)43-26)18-6-4-3-5-17-33-29(38)22-11-13-23(14-12-22)34-24-15-16-25(35-41)28(36-42)27(24)32/h7-16,19,34H,2-6,17-18,32H2,1H3,(H,33,38). The Kier molecular flexibility index (Phi) is 10.8. The molecule has 3 amide bonds. The lowest BCUT2D eigenvalue weighted by Gasteiger charge is -2.12. The number of benzene rings is 3. The Hall–Kier alpha value is -4.84. The predicted molar refractivity (Wildman–Crippen MR) is 171 cm³/mol. The smallest absolute Gasteiger partial charge is 0.293 e. The minimum atomic E-state index is -0.248. The van der Waals surface area contributed by atoms with Gasteiger partial charge >= 0.3 is 0 Å². The van der Waals surface area contributed by atoms with Crippen molar-refractivity contribution in [1.82, 2.24) is 10.2 Å². The molecule has 222 valence electrons. The molecule has 12 heteroatoms. The highest BCUT2D eigenvalue weighted by atomic mass is 32.2. The van der Waals surface area contributed by atoms with Gasteiger partial charge in [-0.25, -0.2) is 0 Å². The summed E-state index contributed by atoms with van der Waals surface area (Å²) in [5, 5.41) is 11.2. The Balaban J connectivity index is 1.16. The summed E-state index contributed by atoms with van der Waals surface area (Å²) in [4.78, 5) is 61.2. The number of imide groups is 1. The first-order valence-electron chi connectivity index (χ1n) is 13.9. The number of hydrogen-bond donors (Lipinski definition) is 3. The van der Waals surface area contributed by atoms with E-state index in [2.05, 4.69) is 27.9 Å². The summed E-state index contributed by atoms with van der Waals surface area (Å²) in [6, 6.07) is 17.5. The van der Waals surface area contributed by atoms with Crippen LogP contribution in [-0.2, 0) is 11.2 Å². The fourth-order valence-corrected chi connectivity index (χ4v) is 5.35. The molecule has 0 atom stereocenters. The Bertz CT molecular complexity index is 1540. The van der Waals surface area contributed by atoms with Crippen LogP contribution in [-0.4, -0.2) is 35.0 Å². The Morgan fingerprint density at radius 2 is 1.65 bits per heavy atom. The number of aryl methyl sites for hydroxylation is 1. The van der Waals surface area contributed by atoms with Crippen LogP contribution in [0.3, 0.4) is 0 Å². The van der Waals surface area contributed by atoms with E-state index >= 15 is 0 Å². The third-order valence-electron chi connectivity index (χ3n) is 6.96. The van der Waals surface area contributed by atoms with Crippen LogP contribution in [0.15, 0.2) is 75.9 Å². The lowest BCUT2D eigenvalue weighted by molar-refractivity contribution is -0.122. The van der Waals surface area contributed by atoms with Gasteiger partial charge in [-0.05, 0) is 95.0 Å². The Morgan fingerprint density at radius 3 is 2.33 bits per heavy atom. The first-order chi connectivity index (χ1) is 20.8. The van der Waals surface area contributed by atoms with Gasteiger partial charge in [0.1, 0.15) is 5.69 Å². The molecule has 0 saturated carbocycles. The Labute approximate surface area is 253 Å². The molecule has 1 heterocycles. The number of carbonyl (C=O) groups is 3. The van der Waals surface area contributed by atoms with Crippen molar-refractivity contribution in [3.63, 3.8) is 0 Å². The normalized spacial score (nSPS) is 13.8. The first-order valence-corrected chi connectivity index (χ1v) is 14.7. The molecule has 3 aromatic carbocycles. The van der Waals surface area contributed by atoms with Gasteiger partial charge in [-0.2, -0.15) is 0 Å². The average molecular weight is 601 g/mol. The molecule has 0 bridgehead atoms. The van der Waals surface area contributed by atoms with Crippen LogP contribution >= 0.6 is 11.8 Å². The van der Waals surface area contributed by atoms with Crippen LogP contribution in [0.1, 0.15) is 54.1 Å². The molecule has 43 heavy (non-hydrogen) atoms. The van der Waals surface area contributed by atoms with E-state index in [1.807, 2.05) is 24.3 Å². The van der Waals surface area contributed by atoms with Crippen molar-refractivity contribution in [2.75, 3.05) is 24.1 Å². The molecule has 1 fully saturated rings. The monoisotopic (exact) mass is 600 g/mol. The molecule has 1 aliphatic rings. The predicted octanol–water partition coefficient (Wildman–Crippen LogP) is 7.40. The molecule has 0 unspecified atom stereocenters. The number of rotatable bonds is 14. The van der Waals surface area contributed by atoms with Crippen LogP contribution in [0.2, 0.25) is 0 Å². The van der Waals surface area contributed by atoms with Gasteiger partial charge in [0.15, 0.2) is 5.69 Å². The van der Waals surface area contributed by atoms with Crippen molar-refractivity contribution < 1.29 is 14.4 Å².